The lowest BCUT2D eigenvalue weighted by atomic mass is 10.1. The summed E-state index contributed by atoms with van der Waals surface area (Å²) < 4.78 is 41.8. The lowest BCUT2D eigenvalue weighted by molar-refractivity contribution is -0.166. The van der Waals surface area contributed by atoms with Crippen LogP contribution in [-0.2, 0) is 9.53 Å². The molecule has 0 bridgehead atoms. The van der Waals surface area contributed by atoms with E-state index < -0.39 is 36.8 Å². The number of β-amino-alcohol motifs (C(OH)–C–C–N with tert-alkyl or cyclic N) is 1. The lowest BCUT2D eigenvalue weighted by Crippen LogP contribution is -2.42. The van der Waals surface area contributed by atoms with Crippen LogP contribution in [0.1, 0.15) is 6.42 Å². The van der Waals surface area contributed by atoms with E-state index in [2.05, 4.69) is 4.74 Å². The van der Waals surface area contributed by atoms with E-state index in [1.54, 1.807) is 0 Å². The Bertz CT molecular complexity index is 353. The minimum absolute atomic E-state index is 0.0165. The Hall–Kier alpha value is -1.33. The summed E-state index contributed by atoms with van der Waals surface area (Å²) in [5.74, 6) is -2.89. The van der Waals surface area contributed by atoms with E-state index in [0.717, 1.165) is 18.1 Å². The third kappa shape index (κ3) is 3.34. The fourth-order valence-electron chi connectivity index (χ4n) is 1.91. The van der Waals surface area contributed by atoms with Crippen molar-refractivity contribution < 1.29 is 27.8 Å². The van der Waals surface area contributed by atoms with Gasteiger partial charge in [-0.05, 0) is 0 Å². The van der Waals surface area contributed by atoms with Gasteiger partial charge in [0.1, 0.15) is 6.04 Å². The van der Waals surface area contributed by atoms with Crippen molar-refractivity contribution in [3.8, 4) is 6.07 Å². The number of nitrogens with zero attached hydrogens (tertiary/aromatic N) is 2. The van der Waals surface area contributed by atoms with Crippen LogP contribution in [0.2, 0.25) is 0 Å². The van der Waals surface area contributed by atoms with Crippen LogP contribution in [0.25, 0.3) is 0 Å². The molecule has 0 aliphatic carbocycles. The highest BCUT2D eigenvalue weighted by atomic mass is 19.4. The van der Waals surface area contributed by atoms with Gasteiger partial charge in [-0.3, -0.25) is 9.69 Å². The summed E-state index contributed by atoms with van der Waals surface area (Å²) in [7, 11) is 1.12. The van der Waals surface area contributed by atoms with Gasteiger partial charge in [0, 0.05) is 19.5 Å². The molecular formula is C10H13F3N2O3. The molecule has 1 rings (SSSR count). The first-order valence-electron chi connectivity index (χ1n) is 5.25. The molecule has 3 unspecified atom stereocenters. The Morgan fingerprint density at radius 1 is 1.67 bits per heavy atom. The molecule has 0 aromatic heterocycles. The van der Waals surface area contributed by atoms with Crippen molar-refractivity contribution in [1.29, 1.82) is 5.26 Å². The van der Waals surface area contributed by atoms with Crippen molar-refractivity contribution in [3.63, 3.8) is 0 Å². The number of aliphatic hydroxyl groups excluding tert-OH is 1. The summed E-state index contributed by atoms with van der Waals surface area (Å²) in [6.45, 7) is -0.717. The molecule has 1 aliphatic rings. The number of hydrogen-bond donors (Lipinski definition) is 1. The van der Waals surface area contributed by atoms with Crippen LogP contribution in [-0.4, -0.2) is 54.5 Å². The molecule has 0 spiro atoms. The molecule has 1 heterocycles. The van der Waals surface area contributed by atoms with Crippen LogP contribution >= 0.6 is 0 Å². The standard InChI is InChI=1S/C10H13F3N2O3/c1-18-9(17)8-2-7(16)5-15(8)4-6(3-14)10(11,12)13/h6-8,16H,2,4-5H2,1H3. The Labute approximate surface area is 102 Å². The topological polar surface area (TPSA) is 73.6 Å². The van der Waals surface area contributed by atoms with Crippen molar-refractivity contribution >= 4 is 5.97 Å². The smallest absolute Gasteiger partial charge is 0.405 e. The van der Waals surface area contributed by atoms with Crippen molar-refractivity contribution in [2.45, 2.75) is 24.7 Å². The van der Waals surface area contributed by atoms with Gasteiger partial charge >= 0.3 is 12.1 Å². The van der Waals surface area contributed by atoms with E-state index in [4.69, 9.17) is 5.26 Å². The third-order valence-corrected chi connectivity index (χ3v) is 2.82. The van der Waals surface area contributed by atoms with Crippen molar-refractivity contribution in [3.05, 3.63) is 0 Å². The normalized spacial score (nSPS) is 26.7. The van der Waals surface area contributed by atoms with Gasteiger partial charge in [0.15, 0.2) is 5.92 Å². The third-order valence-electron chi connectivity index (χ3n) is 2.82. The molecule has 5 nitrogen and oxygen atoms in total. The average Bonchev–Trinajstić information content (AvgIpc) is 2.64. The van der Waals surface area contributed by atoms with Crippen molar-refractivity contribution in [2.24, 2.45) is 5.92 Å². The first-order chi connectivity index (χ1) is 8.29. The van der Waals surface area contributed by atoms with Gasteiger partial charge in [-0.25, -0.2) is 0 Å². The zero-order valence-corrected chi connectivity index (χ0v) is 9.65. The SMILES string of the molecule is COC(=O)C1CC(O)CN1CC(C#N)C(F)(F)F. The molecule has 1 N–H and O–H groups in total. The number of esters is 1. The lowest BCUT2D eigenvalue weighted by Gasteiger charge is -2.25. The number of aliphatic hydroxyl groups is 1. The molecule has 8 heteroatoms. The van der Waals surface area contributed by atoms with Crippen molar-refractivity contribution in [1.82, 2.24) is 4.90 Å². The Kier molecular flexibility index (Phi) is 4.53. The van der Waals surface area contributed by atoms with Gasteiger partial charge < -0.3 is 9.84 Å². The number of carbonyl (C=O) groups is 1. The Morgan fingerprint density at radius 3 is 2.72 bits per heavy atom. The fourth-order valence-corrected chi connectivity index (χ4v) is 1.91. The van der Waals surface area contributed by atoms with Gasteiger partial charge in [-0.15, -0.1) is 0 Å². The van der Waals surface area contributed by atoms with Crippen LogP contribution in [0.3, 0.4) is 0 Å². The molecule has 0 saturated carbocycles. The molecule has 18 heavy (non-hydrogen) atoms. The number of carbonyl (C=O) groups excluding carboxylic acids is 1. The monoisotopic (exact) mass is 266 g/mol. The van der Waals surface area contributed by atoms with Gasteiger partial charge in [-0.2, -0.15) is 18.4 Å². The largest absolute Gasteiger partial charge is 0.468 e. The van der Waals surface area contributed by atoms with E-state index in [0.29, 0.717) is 0 Å². The number of likely N-dealkylation sites (tertiary alicyclic amines) is 1. The highest BCUT2D eigenvalue weighted by molar-refractivity contribution is 5.76. The maximum Gasteiger partial charge on any atom is 0.405 e. The predicted molar refractivity (Wildman–Crippen MR) is 53.2 cm³/mol. The van der Waals surface area contributed by atoms with Gasteiger partial charge in [-0.1, -0.05) is 0 Å². The highest BCUT2D eigenvalue weighted by Crippen LogP contribution is 2.29. The van der Waals surface area contributed by atoms with Gasteiger partial charge in [0.2, 0.25) is 0 Å². The maximum absolute atomic E-state index is 12.5. The number of nitriles is 1. The summed E-state index contributed by atoms with van der Waals surface area (Å²) in [6, 6.07) is 0.233. The molecule has 0 amide bonds. The zero-order chi connectivity index (χ0) is 13.9. The van der Waals surface area contributed by atoms with Crippen LogP contribution in [0.5, 0.6) is 0 Å². The second-order valence-electron chi connectivity index (χ2n) is 4.11. The number of methoxy groups -OCH3 is 1. The number of ether oxygens (including phenoxy) is 1. The van der Waals surface area contributed by atoms with E-state index in [9.17, 15) is 23.1 Å². The molecule has 1 aliphatic heterocycles. The Morgan fingerprint density at radius 2 is 2.28 bits per heavy atom. The summed E-state index contributed by atoms with van der Waals surface area (Å²) in [4.78, 5) is 12.5. The number of hydrogen-bond acceptors (Lipinski definition) is 5. The summed E-state index contributed by atoms with van der Waals surface area (Å²) >= 11 is 0. The summed E-state index contributed by atoms with van der Waals surface area (Å²) in [5, 5.41) is 17.9. The van der Waals surface area contributed by atoms with Crippen LogP contribution in [0, 0.1) is 17.2 Å². The first-order valence-corrected chi connectivity index (χ1v) is 5.25. The fraction of sp³-hybridized carbons (Fsp3) is 0.800. The van der Waals surface area contributed by atoms with Crippen LogP contribution < -0.4 is 0 Å². The van der Waals surface area contributed by atoms with Crippen LogP contribution in [0.4, 0.5) is 13.2 Å². The first kappa shape index (κ1) is 14.7. The predicted octanol–water partition coefficient (Wildman–Crippen LogP) is 0.297. The maximum atomic E-state index is 12.5. The summed E-state index contributed by atoms with van der Waals surface area (Å²) in [6.07, 6.45) is -5.52. The van der Waals surface area contributed by atoms with E-state index in [1.807, 2.05) is 0 Å². The molecule has 3 atom stereocenters. The number of alkyl halides is 3. The van der Waals surface area contributed by atoms with Gasteiger partial charge in [0.25, 0.3) is 0 Å². The van der Waals surface area contributed by atoms with E-state index in [-0.39, 0.29) is 13.0 Å². The number of halogens is 3. The summed E-state index contributed by atoms with van der Waals surface area (Å²) in [5.41, 5.74) is 0. The molecule has 0 radical (unpaired) electrons. The molecule has 102 valence electrons. The zero-order valence-electron chi connectivity index (χ0n) is 9.65. The van der Waals surface area contributed by atoms with Crippen molar-refractivity contribution in [2.75, 3.05) is 20.2 Å². The van der Waals surface area contributed by atoms with Gasteiger partial charge in [0.05, 0.1) is 19.3 Å². The highest BCUT2D eigenvalue weighted by Gasteiger charge is 2.45. The molecule has 0 aromatic carbocycles. The van der Waals surface area contributed by atoms with E-state index >= 15 is 0 Å². The Balaban J connectivity index is 2.75. The molecule has 1 saturated heterocycles. The van der Waals surface area contributed by atoms with E-state index in [1.165, 1.54) is 0 Å². The number of rotatable bonds is 3. The quantitative estimate of drug-likeness (QED) is 0.743. The molecule has 1 fully saturated rings. The van der Waals surface area contributed by atoms with Crippen LogP contribution in [0.15, 0.2) is 0 Å². The molecular weight excluding hydrogens is 253 g/mol. The minimum atomic E-state index is -4.65. The second-order valence-corrected chi connectivity index (χ2v) is 4.11. The second kappa shape index (κ2) is 5.54. The average molecular weight is 266 g/mol. The molecule has 0 aromatic rings. The minimum Gasteiger partial charge on any atom is -0.468 e.